The van der Waals surface area contributed by atoms with Gasteiger partial charge in [0.25, 0.3) is 5.91 Å². The first-order chi connectivity index (χ1) is 10.1. The number of amides is 1. The Labute approximate surface area is 121 Å². The lowest BCUT2D eigenvalue weighted by Crippen LogP contribution is -2.46. The van der Waals surface area contributed by atoms with E-state index >= 15 is 0 Å². The molecular weight excluding hydrogens is 273 g/mol. The number of nitrogens with one attached hydrogen (secondary N) is 1. The zero-order chi connectivity index (χ0) is 14.8. The minimum Gasteiger partial charge on any atom is -0.482 e. The van der Waals surface area contributed by atoms with Crippen molar-refractivity contribution in [3.8, 4) is 11.5 Å². The molecule has 2 unspecified atom stereocenters. The molecule has 1 N–H and O–H groups in total. The molecular formula is C16H14FNO3. The number of hydrogen-bond acceptors (Lipinski definition) is 3. The average Bonchev–Trinajstić information content (AvgIpc) is 2.49. The van der Waals surface area contributed by atoms with E-state index in [1.54, 1.807) is 19.1 Å². The fraction of sp³-hybridized carbons (Fsp3) is 0.188. The summed E-state index contributed by atoms with van der Waals surface area (Å²) in [7, 11) is 0. The number of benzene rings is 2. The summed E-state index contributed by atoms with van der Waals surface area (Å²) in [6.45, 7) is 1.77. The first-order valence-corrected chi connectivity index (χ1v) is 6.62. The second-order valence-electron chi connectivity index (χ2n) is 4.80. The quantitative estimate of drug-likeness (QED) is 0.923. The predicted octanol–water partition coefficient (Wildman–Crippen LogP) is 2.99. The summed E-state index contributed by atoms with van der Waals surface area (Å²) in [5.74, 6) is 0.474. The molecule has 108 valence electrons. The van der Waals surface area contributed by atoms with Crippen molar-refractivity contribution >= 4 is 11.6 Å². The number of fused-ring (bicyclic) bond motifs is 1. The van der Waals surface area contributed by atoms with E-state index in [2.05, 4.69) is 5.32 Å². The molecule has 0 fully saturated rings. The van der Waals surface area contributed by atoms with Gasteiger partial charge in [-0.1, -0.05) is 12.1 Å². The third-order valence-electron chi connectivity index (χ3n) is 3.21. The first kappa shape index (κ1) is 13.4. The molecule has 4 nitrogen and oxygen atoms in total. The normalized spacial score (nSPS) is 19.9. The van der Waals surface area contributed by atoms with Crippen LogP contribution in [0.3, 0.4) is 0 Å². The Morgan fingerprint density at radius 3 is 2.33 bits per heavy atom. The predicted molar refractivity (Wildman–Crippen MR) is 76.0 cm³/mol. The lowest BCUT2D eigenvalue weighted by molar-refractivity contribution is -0.128. The molecule has 0 radical (unpaired) electrons. The van der Waals surface area contributed by atoms with Gasteiger partial charge in [-0.3, -0.25) is 4.79 Å². The van der Waals surface area contributed by atoms with Crippen LogP contribution in [0.25, 0.3) is 0 Å². The van der Waals surface area contributed by atoms with Gasteiger partial charge in [-0.15, -0.1) is 0 Å². The van der Waals surface area contributed by atoms with Crippen LogP contribution < -0.4 is 14.8 Å². The molecule has 1 aliphatic heterocycles. The molecule has 1 aliphatic rings. The van der Waals surface area contributed by atoms with E-state index in [4.69, 9.17) is 9.47 Å². The van der Waals surface area contributed by atoms with Crippen molar-refractivity contribution in [3.05, 3.63) is 54.3 Å². The number of ether oxygens (including phenoxy) is 2. The molecule has 21 heavy (non-hydrogen) atoms. The number of carbonyl (C=O) groups excluding carboxylic acids is 1. The van der Waals surface area contributed by atoms with Gasteiger partial charge in [0.1, 0.15) is 11.9 Å². The molecule has 3 rings (SSSR count). The van der Waals surface area contributed by atoms with Crippen molar-refractivity contribution < 1.29 is 18.7 Å². The van der Waals surface area contributed by atoms with E-state index in [9.17, 15) is 9.18 Å². The Morgan fingerprint density at radius 1 is 1.05 bits per heavy atom. The van der Waals surface area contributed by atoms with E-state index in [0.29, 0.717) is 17.2 Å². The maximum absolute atomic E-state index is 12.8. The lowest BCUT2D eigenvalue weighted by Gasteiger charge is -2.31. The van der Waals surface area contributed by atoms with E-state index in [1.165, 1.54) is 24.3 Å². The van der Waals surface area contributed by atoms with Crippen molar-refractivity contribution in [2.45, 2.75) is 19.1 Å². The summed E-state index contributed by atoms with van der Waals surface area (Å²) < 4.78 is 24.2. The molecule has 2 atom stereocenters. The topological polar surface area (TPSA) is 47.6 Å². The van der Waals surface area contributed by atoms with E-state index in [1.807, 2.05) is 12.1 Å². The highest BCUT2D eigenvalue weighted by molar-refractivity contribution is 5.95. The lowest BCUT2D eigenvalue weighted by atomic mass is 10.1. The van der Waals surface area contributed by atoms with Gasteiger partial charge in [0, 0.05) is 5.69 Å². The largest absolute Gasteiger partial charge is 0.482 e. The van der Waals surface area contributed by atoms with Crippen molar-refractivity contribution in [2.24, 2.45) is 0 Å². The monoisotopic (exact) mass is 287 g/mol. The summed E-state index contributed by atoms with van der Waals surface area (Å²) in [5, 5.41) is 2.69. The molecule has 0 bridgehead atoms. The maximum Gasteiger partial charge on any atom is 0.269 e. The third kappa shape index (κ3) is 2.81. The minimum absolute atomic E-state index is 0.330. The number of rotatable bonds is 2. The number of anilines is 1. The molecule has 1 amide bonds. The molecule has 1 heterocycles. The molecule has 2 aromatic rings. The number of hydrogen-bond donors (Lipinski definition) is 1. The molecule has 0 aliphatic carbocycles. The SMILES string of the molecule is CC1Oc2ccccc2OC1C(=O)Nc1ccc(F)cc1. The second-order valence-corrected chi connectivity index (χ2v) is 4.80. The third-order valence-corrected chi connectivity index (χ3v) is 3.21. The zero-order valence-corrected chi connectivity index (χ0v) is 11.4. The Kier molecular flexibility index (Phi) is 3.48. The van der Waals surface area contributed by atoms with Gasteiger partial charge in [-0.25, -0.2) is 4.39 Å². The Balaban J connectivity index is 1.74. The summed E-state index contributed by atoms with van der Waals surface area (Å²) in [6.07, 6.45) is -1.18. The standard InChI is InChI=1S/C16H14FNO3/c1-10-15(21-14-5-3-2-4-13(14)20-10)16(19)18-12-8-6-11(17)7-9-12/h2-10,15H,1H3,(H,18,19). The minimum atomic E-state index is -0.759. The van der Waals surface area contributed by atoms with Crippen molar-refractivity contribution in [2.75, 3.05) is 5.32 Å². The Bertz CT molecular complexity index is 657. The van der Waals surface area contributed by atoms with Crippen molar-refractivity contribution in [1.82, 2.24) is 0 Å². The van der Waals surface area contributed by atoms with Crippen LogP contribution >= 0.6 is 0 Å². The maximum atomic E-state index is 12.8. The number of halogens is 1. The molecule has 0 aromatic heterocycles. The van der Waals surface area contributed by atoms with Gasteiger partial charge in [-0.2, -0.15) is 0 Å². The highest BCUT2D eigenvalue weighted by Gasteiger charge is 2.34. The fourth-order valence-corrected chi connectivity index (χ4v) is 2.15. The molecule has 0 saturated heterocycles. The summed E-state index contributed by atoms with van der Waals surface area (Å²) in [4.78, 5) is 12.3. The van der Waals surface area contributed by atoms with Crippen LogP contribution in [0.15, 0.2) is 48.5 Å². The van der Waals surface area contributed by atoms with Crippen LogP contribution in [0.5, 0.6) is 11.5 Å². The summed E-state index contributed by atoms with van der Waals surface area (Å²) >= 11 is 0. The van der Waals surface area contributed by atoms with E-state index in [0.717, 1.165) is 0 Å². The molecule has 0 spiro atoms. The van der Waals surface area contributed by atoms with E-state index in [-0.39, 0.29) is 11.7 Å². The van der Waals surface area contributed by atoms with Crippen LogP contribution in [0.4, 0.5) is 10.1 Å². The first-order valence-electron chi connectivity index (χ1n) is 6.62. The van der Waals surface area contributed by atoms with Gasteiger partial charge >= 0.3 is 0 Å². The van der Waals surface area contributed by atoms with Crippen LogP contribution in [-0.2, 0) is 4.79 Å². The highest BCUT2D eigenvalue weighted by atomic mass is 19.1. The number of para-hydroxylation sites is 2. The van der Waals surface area contributed by atoms with Crippen LogP contribution in [0, 0.1) is 5.82 Å². The Hall–Kier alpha value is -2.56. The van der Waals surface area contributed by atoms with Crippen LogP contribution in [0.2, 0.25) is 0 Å². The number of carbonyl (C=O) groups is 1. The van der Waals surface area contributed by atoms with Crippen molar-refractivity contribution in [3.63, 3.8) is 0 Å². The Morgan fingerprint density at radius 2 is 1.67 bits per heavy atom. The van der Waals surface area contributed by atoms with Gasteiger partial charge in [-0.05, 0) is 43.3 Å². The summed E-state index contributed by atoms with van der Waals surface area (Å²) in [5.41, 5.74) is 0.510. The van der Waals surface area contributed by atoms with Gasteiger partial charge in [0.2, 0.25) is 6.10 Å². The smallest absolute Gasteiger partial charge is 0.269 e. The van der Waals surface area contributed by atoms with Crippen LogP contribution in [0.1, 0.15) is 6.92 Å². The molecule has 5 heteroatoms. The fourth-order valence-electron chi connectivity index (χ4n) is 2.15. The summed E-state index contributed by atoms with van der Waals surface area (Å²) in [6, 6.07) is 12.8. The van der Waals surface area contributed by atoms with E-state index < -0.39 is 12.2 Å². The second kappa shape index (κ2) is 5.44. The van der Waals surface area contributed by atoms with Crippen molar-refractivity contribution in [1.29, 1.82) is 0 Å². The van der Waals surface area contributed by atoms with Gasteiger partial charge in [0.15, 0.2) is 11.5 Å². The molecule has 2 aromatic carbocycles. The molecule has 0 saturated carbocycles. The highest BCUT2D eigenvalue weighted by Crippen LogP contribution is 2.33. The zero-order valence-electron chi connectivity index (χ0n) is 11.4. The average molecular weight is 287 g/mol. The van der Waals surface area contributed by atoms with Gasteiger partial charge in [0.05, 0.1) is 0 Å². The van der Waals surface area contributed by atoms with Gasteiger partial charge < -0.3 is 14.8 Å². The van der Waals surface area contributed by atoms with Crippen LogP contribution in [-0.4, -0.2) is 18.1 Å².